The third kappa shape index (κ3) is 4.87. The van der Waals surface area contributed by atoms with Crippen molar-refractivity contribution >= 4 is 12.0 Å². The lowest BCUT2D eigenvalue weighted by molar-refractivity contribution is -0.126. The number of benzene rings is 1. The molecule has 0 aliphatic heterocycles. The molecule has 1 amide bonds. The predicted octanol–water partition coefficient (Wildman–Crippen LogP) is 2.66. The zero-order chi connectivity index (χ0) is 14.3. The van der Waals surface area contributed by atoms with Crippen LogP contribution >= 0.6 is 0 Å². The van der Waals surface area contributed by atoms with Crippen molar-refractivity contribution in [1.29, 1.82) is 0 Å². The molecule has 1 aromatic carbocycles. The molecular formula is C16H23NO2. The molecule has 0 aliphatic carbocycles. The van der Waals surface area contributed by atoms with E-state index in [2.05, 4.69) is 26.0 Å². The van der Waals surface area contributed by atoms with Gasteiger partial charge < -0.3 is 10.0 Å². The Kier molecular flexibility index (Phi) is 6.30. The molecule has 1 N–H and O–H groups in total. The first-order chi connectivity index (χ1) is 9.08. The van der Waals surface area contributed by atoms with Crippen molar-refractivity contribution in [3.05, 3.63) is 41.5 Å². The lowest BCUT2D eigenvalue weighted by Crippen LogP contribution is -2.31. The zero-order valence-corrected chi connectivity index (χ0v) is 12.0. The van der Waals surface area contributed by atoms with E-state index in [0.29, 0.717) is 19.0 Å². The van der Waals surface area contributed by atoms with Crippen LogP contribution in [0.15, 0.2) is 30.3 Å². The summed E-state index contributed by atoms with van der Waals surface area (Å²) < 4.78 is 0. The molecule has 0 heterocycles. The number of amides is 1. The van der Waals surface area contributed by atoms with Crippen LogP contribution in [0.4, 0.5) is 0 Å². The summed E-state index contributed by atoms with van der Waals surface area (Å²) in [6.07, 6.45) is 3.37. The van der Waals surface area contributed by atoms with E-state index in [-0.39, 0.29) is 12.5 Å². The molecule has 0 unspecified atom stereocenters. The van der Waals surface area contributed by atoms with Crippen molar-refractivity contribution < 1.29 is 9.90 Å². The molecule has 0 spiro atoms. The smallest absolute Gasteiger partial charge is 0.246 e. The van der Waals surface area contributed by atoms with E-state index >= 15 is 0 Å². The second kappa shape index (κ2) is 7.74. The first-order valence-electron chi connectivity index (χ1n) is 6.76. The van der Waals surface area contributed by atoms with Crippen molar-refractivity contribution in [1.82, 2.24) is 4.90 Å². The average molecular weight is 261 g/mol. The zero-order valence-electron chi connectivity index (χ0n) is 12.0. The molecular weight excluding hydrogens is 238 g/mol. The summed E-state index contributed by atoms with van der Waals surface area (Å²) in [5.41, 5.74) is 2.30. The summed E-state index contributed by atoms with van der Waals surface area (Å²) in [4.78, 5) is 13.5. The summed E-state index contributed by atoms with van der Waals surface area (Å²) in [6.45, 7) is 7.20. The van der Waals surface area contributed by atoms with Crippen LogP contribution in [0.1, 0.15) is 37.8 Å². The van der Waals surface area contributed by atoms with Crippen molar-refractivity contribution in [3.8, 4) is 0 Å². The molecule has 104 valence electrons. The van der Waals surface area contributed by atoms with Crippen LogP contribution in [0, 0.1) is 0 Å². The fourth-order valence-electron chi connectivity index (χ4n) is 1.81. The fourth-order valence-corrected chi connectivity index (χ4v) is 1.81. The van der Waals surface area contributed by atoms with E-state index in [1.165, 1.54) is 5.56 Å². The van der Waals surface area contributed by atoms with E-state index in [1.807, 2.05) is 25.1 Å². The van der Waals surface area contributed by atoms with Crippen LogP contribution in [0.5, 0.6) is 0 Å². The Hall–Kier alpha value is -1.61. The Morgan fingerprint density at radius 3 is 2.42 bits per heavy atom. The summed E-state index contributed by atoms with van der Waals surface area (Å²) >= 11 is 0. The Bertz CT molecular complexity index is 421. The molecule has 0 aromatic heterocycles. The molecule has 1 rings (SSSR count). The number of carbonyl (C=O) groups excluding carboxylic acids is 1. The van der Waals surface area contributed by atoms with Crippen LogP contribution in [0.3, 0.4) is 0 Å². The minimum absolute atomic E-state index is 0.00347. The molecule has 3 nitrogen and oxygen atoms in total. The van der Waals surface area contributed by atoms with E-state index < -0.39 is 0 Å². The highest BCUT2D eigenvalue weighted by molar-refractivity contribution is 5.91. The number of hydrogen-bond acceptors (Lipinski definition) is 2. The second-order valence-corrected chi connectivity index (χ2v) is 4.80. The lowest BCUT2D eigenvalue weighted by atomic mass is 10.0. The van der Waals surface area contributed by atoms with Gasteiger partial charge in [0.25, 0.3) is 0 Å². The van der Waals surface area contributed by atoms with Gasteiger partial charge in [-0.2, -0.15) is 0 Å². The van der Waals surface area contributed by atoms with Gasteiger partial charge in [0.1, 0.15) is 0 Å². The Balaban J connectivity index is 2.67. The second-order valence-electron chi connectivity index (χ2n) is 4.80. The van der Waals surface area contributed by atoms with Crippen molar-refractivity contribution in [3.63, 3.8) is 0 Å². The highest BCUT2D eigenvalue weighted by Crippen LogP contribution is 2.15. The predicted molar refractivity (Wildman–Crippen MR) is 78.9 cm³/mol. The monoisotopic (exact) mass is 261 g/mol. The van der Waals surface area contributed by atoms with Crippen molar-refractivity contribution in [2.45, 2.75) is 26.7 Å². The molecule has 0 bridgehead atoms. The maximum atomic E-state index is 11.8. The quantitative estimate of drug-likeness (QED) is 0.800. The average Bonchev–Trinajstić information content (AvgIpc) is 2.42. The Morgan fingerprint density at radius 1 is 1.32 bits per heavy atom. The van der Waals surface area contributed by atoms with Gasteiger partial charge in [0.15, 0.2) is 0 Å². The van der Waals surface area contributed by atoms with E-state index in [4.69, 9.17) is 5.11 Å². The van der Waals surface area contributed by atoms with Gasteiger partial charge in [-0.1, -0.05) is 38.1 Å². The Morgan fingerprint density at radius 2 is 1.95 bits per heavy atom. The van der Waals surface area contributed by atoms with Gasteiger partial charge in [0, 0.05) is 19.2 Å². The van der Waals surface area contributed by atoms with Gasteiger partial charge in [0.05, 0.1) is 6.61 Å². The number of aliphatic hydroxyl groups is 1. The largest absolute Gasteiger partial charge is 0.395 e. The number of nitrogens with zero attached hydrogens (tertiary/aromatic N) is 1. The third-order valence-corrected chi connectivity index (χ3v) is 3.08. The maximum Gasteiger partial charge on any atom is 0.246 e. The fraction of sp³-hybridized carbons (Fsp3) is 0.438. The van der Waals surface area contributed by atoms with E-state index in [0.717, 1.165) is 5.56 Å². The van der Waals surface area contributed by atoms with Crippen LogP contribution < -0.4 is 0 Å². The molecule has 0 radical (unpaired) electrons. The topological polar surface area (TPSA) is 40.5 Å². The number of aliphatic hydroxyl groups excluding tert-OH is 1. The number of hydrogen-bond donors (Lipinski definition) is 1. The van der Waals surface area contributed by atoms with Crippen molar-refractivity contribution in [2.75, 3.05) is 19.7 Å². The van der Waals surface area contributed by atoms with E-state index in [1.54, 1.807) is 11.0 Å². The van der Waals surface area contributed by atoms with Crippen LogP contribution in [-0.4, -0.2) is 35.6 Å². The summed E-state index contributed by atoms with van der Waals surface area (Å²) in [6, 6.07) is 8.20. The summed E-state index contributed by atoms with van der Waals surface area (Å²) in [5.74, 6) is 0.448. The molecule has 0 saturated carbocycles. The summed E-state index contributed by atoms with van der Waals surface area (Å²) in [7, 11) is 0. The van der Waals surface area contributed by atoms with Gasteiger partial charge in [-0.25, -0.2) is 0 Å². The maximum absolute atomic E-state index is 11.8. The van der Waals surface area contributed by atoms with E-state index in [9.17, 15) is 4.79 Å². The summed E-state index contributed by atoms with van der Waals surface area (Å²) in [5, 5.41) is 8.87. The highest BCUT2D eigenvalue weighted by Gasteiger charge is 2.06. The first kappa shape index (κ1) is 15.4. The molecule has 0 saturated heterocycles. The van der Waals surface area contributed by atoms with Gasteiger partial charge in [-0.15, -0.1) is 0 Å². The molecule has 1 aromatic rings. The highest BCUT2D eigenvalue weighted by atomic mass is 16.3. The molecule has 0 aliphatic rings. The first-order valence-corrected chi connectivity index (χ1v) is 6.76. The standard InChI is InChI=1S/C16H23NO2/c1-4-17(11-12-18)16(19)10-7-14-5-8-15(9-6-14)13(2)3/h5-10,13,18H,4,11-12H2,1-3H3/b10-7+. The number of carbonyl (C=O) groups is 1. The van der Waals surface area contributed by atoms with Crippen LogP contribution in [-0.2, 0) is 4.79 Å². The number of likely N-dealkylation sites (N-methyl/N-ethyl adjacent to an activating group) is 1. The van der Waals surface area contributed by atoms with Crippen molar-refractivity contribution in [2.24, 2.45) is 0 Å². The molecule has 0 atom stereocenters. The van der Waals surface area contributed by atoms with Crippen LogP contribution in [0.25, 0.3) is 6.08 Å². The van der Waals surface area contributed by atoms with Gasteiger partial charge in [-0.3, -0.25) is 4.79 Å². The third-order valence-electron chi connectivity index (χ3n) is 3.08. The van der Waals surface area contributed by atoms with Gasteiger partial charge in [-0.05, 0) is 30.0 Å². The van der Waals surface area contributed by atoms with Gasteiger partial charge in [0.2, 0.25) is 5.91 Å². The van der Waals surface area contributed by atoms with Gasteiger partial charge >= 0.3 is 0 Å². The SMILES string of the molecule is CCN(CCO)C(=O)/C=C/c1ccc(C(C)C)cc1. The number of rotatable bonds is 6. The molecule has 0 fully saturated rings. The minimum atomic E-state index is -0.0653. The minimum Gasteiger partial charge on any atom is -0.395 e. The molecule has 19 heavy (non-hydrogen) atoms. The van der Waals surface area contributed by atoms with Crippen LogP contribution in [0.2, 0.25) is 0 Å². The Labute approximate surface area is 115 Å². The molecule has 3 heteroatoms. The normalized spacial score (nSPS) is 11.2. The lowest BCUT2D eigenvalue weighted by Gasteiger charge is -2.17.